The van der Waals surface area contributed by atoms with E-state index < -0.39 is 5.97 Å². The van der Waals surface area contributed by atoms with Crippen LogP contribution in [0.1, 0.15) is 38.1 Å². The van der Waals surface area contributed by atoms with Crippen molar-refractivity contribution >= 4 is 27.6 Å². The number of aromatic carboxylic acids is 1. The number of hydrogen-bond donors (Lipinski definition) is 1. The molecular weight excluding hydrogens is 294 g/mol. The Kier molecular flexibility index (Phi) is 4.43. The van der Waals surface area contributed by atoms with Crippen LogP contribution in [-0.2, 0) is 0 Å². The van der Waals surface area contributed by atoms with Gasteiger partial charge in [-0.15, -0.1) is 0 Å². The number of hydrogen-bond acceptors (Lipinski definition) is 2. The Labute approximate surface area is 117 Å². The maximum absolute atomic E-state index is 11.4. The van der Waals surface area contributed by atoms with E-state index in [0.29, 0.717) is 10.0 Å². The summed E-state index contributed by atoms with van der Waals surface area (Å²) < 4.78 is 0.612. The minimum absolute atomic E-state index is 0.0762. The average molecular weight is 314 g/mol. The molecule has 18 heavy (non-hydrogen) atoms. The Balaban J connectivity index is 3.26. The summed E-state index contributed by atoms with van der Waals surface area (Å²) in [4.78, 5) is 13.4. The normalized spacial score (nSPS) is 13.2. The van der Waals surface area contributed by atoms with Crippen molar-refractivity contribution in [3.05, 3.63) is 28.2 Å². The number of anilines is 1. The second-order valence-electron chi connectivity index (χ2n) is 5.59. The molecule has 1 atom stereocenters. The molecule has 0 aliphatic heterocycles. The number of carbonyl (C=O) groups is 1. The van der Waals surface area contributed by atoms with Crippen molar-refractivity contribution in [3.8, 4) is 0 Å². The SMILES string of the molecule is CC(N(C)c1cccc(Br)c1C(=O)O)C(C)(C)C. The van der Waals surface area contributed by atoms with Gasteiger partial charge in [-0.3, -0.25) is 0 Å². The molecule has 0 bridgehead atoms. The van der Waals surface area contributed by atoms with Crippen LogP contribution in [0, 0.1) is 5.41 Å². The molecule has 0 heterocycles. The van der Waals surface area contributed by atoms with E-state index in [4.69, 9.17) is 0 Å². The third kappa shape index (κ3) is 3.05. The van der Waals surface area contributed by atoms with E-state index in [9.17, 15) is 9.90 Å². The maximum Gasteiger partial charge on any atom is 0.338 e. The number of carboxylic acids is 1. The zero-order chi connectivity index (χ0) is 14.1. The molecule has 1 aromatic carbocycles. The average Bonchev–Trinajstić information content (AvgIpc) is 2.24. The van der Waals surface area contributed by atoms with Crippen LogP contribution < -0.4 is 4.90 Å². The molecule has 100 valence electrons. The summed E-state index contributed by atoms with van der Waals surface area (Å²) in [5, 5.41) is 9.32. The lowest BCUT2D eigenvalue weighted by Crippen LogP contribution is -2.40. The lowest BCUT2D eigenvalue weighted by molar-refractivity contribution is 0.0696. The van der Waals surface area contributed by atoms with E-state index in [2.05, 4.69) is 43.6 Å². The van der Waals surface area contributed by atoms with Crippen LogP contribution >= 0.6 is 15.9 Å². The quantitative estimate of drug-likeness (QED) is 0.916. The van der Waals surface area contributed by atoms with Crippen LogP contribution in [-0.4, -0.2) is 24.2 Å². The summed E-state index contributed by atoms with van der Waals surface area (Å²) in [5.41, 5.74) is 1.13. The van der Waals surface area contributed by atoms with E-state index >= 15 is 0 Å². The molecule has 3 nitrogen and oxygen atoms in total. The first-order valence-electron chi connectivity index (χ1n) is 5.91. The third-order valence-corrected chi connectivity index (χ3v) is 4.08. The van der Waals surface area contributed by atoms with Crippen LogP contribution in [0.25, 0.3) is 0 Å². The summed E-state index contributed by atoms with van der Waals surface area (Å²) in [5.74, 6) is -0.912. The first-order valence-corrected chi connectivity index (χ1v) is 6.70. The highest BCUT2D eigenvalue weighted by atomic mass is 79.9. The summed E-state index contributed by atoms with van der Waals surface area (Å²) >= 11 is 3.31. The van der Waals surface area contributed by atoms with Crippen molar-refractivity contribution in [2.75, 3.05) is 11.9 Å². The van der Waals surface area contributed by atoms with E-state index in [-0.39, 0.29) is 11.5 Å². The lowest BCUT2D eigenvalue weighted by atomic mass is 9.86. The predicted octanol–water partition coefficient (Wildman–Crippen LogP) is 4.02. The number of rotatable bonds is 3. The van der Waals surface area contributed by atoms with Crippen LogP contribution in [0.2, 0.25) is 0 Å². The molecule has 1 rings (SSSR count). The van der Waals surface area contributed by atoms with Crippen molar-refractivity contribution in [2.45, 2.75) is 33.7 Å². The topological polar surface area (TPSA) is 40.5 Å². The Morgan fingerprint density at radius 3 is 2.39 bits per heavy atom. The van der Waals surface area contributed by atoms with Gasteiger partial charge in [0.05, 0.1) is 11.3 Å². The smallest absolute Gasteiger partial charge is 0.338 e. The zero-order valence-corrected chi connectivity index (χ0v) is 13.1. The van der Waals surface area contributed by atoms with Crippen LogP contribution in [0.4, 0.5) is 5.69 Å². The molecular formula is C14H20BrNO2. The second-order valence-corrected chi connectivity index (χ2v) is 6.45. The van der Waals surface area contributed by atoms with Gasteiger partial charge in [0.15, 0.2) is 0 Å². The van der Waals surface area contributed by atoms with E-state index in [1.54, 1.807) is 6.07 Å². The molecule has 0 amide bonds. The van der Waals surface area contributed by atoms with Gasteiger partial charge in [0.25, 0.3) is 0 Å². The van der Waals surface area contributed by atoms with Gasteiger partial charge in [-0.1, -0.05) is 26.8 Å². The molecule has 0 aliphatic carbocycles. The van der Waals surface area contributed by atoms with E-state index in [0.717, 1.165) is 5.69 Å². The number of carboxylic acid groups (broad SMARTS) is 1. The number of halogens is 1. The van der Waals surface area contributed by atoms with Crippen molar-refractivity contribution in [3.63, 3.8) is 0 Å². The molecule has 0 aliphatic rings. The lowest BCUT2D eigenvalue weighted by Gasteiger charge is -2.37. The van der Waals surface area contributed by atoms with Crippen LogP contribution in [0.5, 0.6) is 0 Å². The van der Waals surface area contributed by atoms with Crippen molar-refractivity contribution < 1.29 is 9.90 Å². The highest BCUT2D eigenvalue weighted by Crippen LogP contribution is 2.32. The van der Waals surface area contributed by atoms with Crippen LogP contribution in [0.15, 0.2) is 22.7 Å². The fourth-order valence-electron chi connectivity index (χ4n) is 1.81. The highest BCUT2D eigenvalue weighted by molar-refractivity contribution is 9.10. The molecule has 0 spiro atoms. The Morgan fingerprint density at radius 2 is 1.94 bits per heavy atom. The molecule has 0 fully saturated rings. The zero-order valence-electron chi connectivity index (χ0n) is 11.5. The number of nitrogens with zero attached hydrogens (tertiary/aromatic N) is 1. The minimum atomic E-state index is -0.912. The van der Waals surface area contributed by atoms with Gasteiger partial charge in [-0.25, -0.2) is 4.79 Å². The Morgan fingerprint density at radius 1 is 1.39 bits per heavy atom. The Hall–Kier alpha value is -1.03. The van der Waals surface area contributed by atoms with E-state index in [1.165, 1.54) is 0 Å². The van der Waals surface area contributed by atoms with Crippen molar-refractivity contribution in [1.82, 2.24) is 0 Å². The van der Waals surface area contributed by atoms with Gasteiger partial charge in [0.1, 0.15) is 0 Å². The van der Waals surface area contributed by atoms with Crippen molar-refractivity contribution in [1.29, 1.82) is 0 Å². The monoisotopic (exact) mass is 313 g/mol. The molecule has 0 saturated heterocycles. The van der Waals surface area contributed by atoms with Gasteiger partial charge < -0.3 is 10.0 Å². The van der Waals surface area contributed by atoms with Gasteiger partial charge in [-0.05, 0) is 40.4 Å². The third-order valence-electron chi connectivity index (χ3n) is 3.42. The molecule has 1 N–H and O–H groups in total. The molecule has 0 aromatic heterocycles. The highest BCUT2D eigenvalue weighted by Gasteiger charge is 2.27. The molecule has 0 radical (unpaired) electrons. The standard InChI is InChI=1S/C14H20BrNO2/c1-9(14(2,3)4)16(5)11-8-6-7-10(15)12(11)13(17)18/h6-9H,1-5H3,(H,17,18). The minimum Gasteiger partial charge on any atom is -0.478 e. The largest absolute Gasteiger partial charge is 0.478 e. The molecule has 1 unspecified atom stereocenters. The van der Waals surface area contributed by atoms with Gasteiger partial charge >= 0.3 is 5.97 Å². The van der Waals surface area contributed by atoms with Gasteiger partial charge in [0, 0.05) is 17.6 Å². The van der Waals surface area contributed by atoms with Gasteiger partial charge in [0.2, 0.25) is 0 Å². The number of benzene rings is 1. The fraction of sp³-hybridized carbons (Fsp3) is 0.500. The van der Waals surface area contributed by atoms with Crippen LogP contribution in [0.3, 0.4) is 0 Å². The predicted molar refractivity (Wildman–Crippen MR) is 78.4 cm³/mol. The summed E-state index contributed by atoms with van der Waals surface area (Å²) in [6, 6.07) is 5.68. The fourth-order valence-corrected chi connectivity index (χ4v) is 2.33. The summed E-state index contributed by atoms with van der Waals surface area (Å²) in [6.45, 7) is 8.54. The van der Waals surface area contributed by atoms with E-state index in [1.807, 2.05) is 24.1 Å². The van der Waals surface area contributed by atoms with Crippen molar-refractivity contribution in [2.24, 2.45) is 5.41 Å². The molecule has 0 saturated carbocycles. The molecule has 4 heteroatoms. The first-order chi connectivity index (χ1) is 8.16. The van der Waals surface area contributed by atoms with Gasteiger partial charge in [-0.2, -0.15) is 0 Å². The first kappa shape index (κ1) is 15.0. The summed E-state index contributed by atoms with van der Waals surface area (Å²) in [6.07, 6.45) is 0. The summed E-state index contributed by atoms with van der Waals surface area (Å²) in [7, 11) is 1.93. The molecule has 1 aromatic rings. The second kappa shape index (κ2) is 5.31. The maximum atomic E-state index is 11.4. The Bertz CT molecular complexity index is 452.